The highest BCUT2D eigenvalue weighted by Gasteiger charge is 2.06. The highest BCUT2D eigenvalue weighted by atomic mass is 35.5. The first-order valence-electron chi connectivity index (χ1n) is 5.19. The summed E-state index contributed by atoms with van der Waals surface area (Å²) < 4.78 is 0. The molecule has 0 aliphatic carbocycles. The van der Waals surface area contributed by atoms with Gasteiger partial charge in [0.25, 0.3) is 0 Å². The molecule has 1 aromatic carbocycles. The Kier molecular flexibility index (Phi) is 3.77. The first kappa shape index (κ1) is 12.1. The number of rotatable bonds is 3. The van der Waals surface area contributed by atoms with Crippen molar-refractivity contribution in [1.29, 1.82) is 0 Å². The number of ketones is 1. The number of allylic oxidation sites excluding steroid dienone is 1. The second-order valence-corrected chi connectivity index (χ2v) is 5.00. The molecule has 0 saturated carbocycles. The van der Waals surface area contributed by atoms with Gasteiger partial charge in [0.2, 0.25) is 0 Å². The van der Waals surface area contributed by atoms with Gasteiger partial charge in [-0.05, 0) is 48.2 Å². The van der Waals surface area contributed by atoms with Crippen molar-refractivity contribution in [2.45, 2.75) is 6.92 Å². The van der Waals surface area contributed by atoms with E-state index in [4.69, 9.17) is 11.6 Å². The van der Waals surface area contributed by atoms with Crippen LogP contribution in [0.25, 0.3) is 6.08 Å². The predicted octanol–water partition coefficient (Wildman–Crippen LogP) is 4.61. The van der Waals surface area contributed by atoms with Crippen LogP contribution in [0.1, 0.15) is 20.8 Å². The monoisotopic (exact) mass is 262 g/mol. The number of carbonyl (C=O) groups excluding carboxylic acids is 1. The number of hydrogen-bond acceptors (Lipinski definition) is 2. The predicted molar refractivity (Wildman–Crippen MR) is 73.9 cm³/mol. The molecule has 0 aliphatic heterocycles. The van der Waals surface area contributed by atoms with E-state index < -0.39 is 0 Å². The fourth-order valence-corrected chi connectivity index (χ4v) is 2.51. The summed E-state index contributed by atoms with van der Waals surface area (Å²) in [6.07, 6.45) is 3.41. The van der Waals surface area contributed by atoms with E-state index in [0.29, 0.717) is 10.6 Å². The minimum atomic E-state index is -0.0663. The highest BCUT2D eigenvalue weighted by Crippen LogP contribution is 2.19. The molecule has 86 valence electrons. The Labute approximate surface area is 109 Å². The molecule has 0 spiro atoms. The lowest BCUT2D eigenvalue weighted by Gasteiger charge is -1.98. The summed E-state index contributed by atoms with van der Waals surface area (Å²) in [7, 11) is 0. The lowest BCUT2D eigenvalue weighted by Crippen LogP contribution is -1.94. The van der Waals surface area contributed by atoms with Crippen LogP contribution in [0.4, 0.5) is 0 Å². The standard InChI is InChI=1S/C14H11ClOS/c1-10-8-9-17-14(10)7-6-13(16)11-4-2-3-5-12(11)15/h2-9H,1H3. The number of halogens is 1. The molecule has 0 bridgehead atoms. The first-order valence-corrected chi connectivity index (χ1v) is 6.45. The summed E-state index contributed by atoms with van der Waals surface area (Å²) in [4.78, 5) is 13.0. The van der Waals surface area contributed by atoms with Gasteiger partial charge in [0.1, 0.15) is 0 Å². The summed E-state index contributed by atoms with van der Waals surface area (Å²) in [6.45, 7) is 2.02. The second kappa shape index (κ2) is 5.30. The Bertz CT molecular complexity index is 569. The van der Waals surface area contributed by atoms with Crippen molar-refractivity contribution < 1.29 is 4.79 Å². The molecule has 2 rings (SSSR count). The SMILES string of the molecule is Cc1ccsc1C=CC(=O)c1ccccc1Cl. The van der Waals surface area contributed by atoms with E-state index in [1.165, 1.54) is 5.56 Å². The smallest absolute Gasteiger partial charge is 0.187 e. The summed E-state index contributed by atoms with van der Waals surface area (Å²) in [5, 5.41) is 2.50. The van der Waals surface area contributed by atoms with Crippen molar-refractivity contribution in [3.05, 3.63) is 62.8 Å². The summed E-state index contributed by atoms with van der Waals surface area (Å²) in [5.41, 5.74) is 1.72. The number of aryl methyl sites for hydroxylation is 1. The van der Waals surface area contributed by atoms with Crippen LogP contribution in [0, 0.1) is 6.92 Å². The second-order valence-electron chi connectivity index (χ2n) is 3.65. The quantitative estimate of drug-likeness (QED) is 0.583. The average Bonchev–Trinajstić information content (AvgIpc) is 2.72. The third kappa shape index (κ3) is 2.84. The molecule has 0 aliphatic rings. The number of benzene rings is 1. The Morgan fingerprint density at radius 2 is 2.06 bits per heavy atom. The molecule has 1 heterocycles. The topological polar surface area (TPSA) is 17.1 Å². The molecule has 0 radical (unpaired) electrons. The van der Waals surface area contributed by atoms with Crippen molar-refractivity contribution in [1.82, 2.24) is 0 Å². The first-order chi connectivity index (χ1) is 8.18. The molecule has 17 heavy (non-hydrogen) atoms. The third-order valence-corrected chi connectivity index (χ3v) is 3.74. The van der Waals surface area contributed by atoms with Crippen molar-refractivity contribution in [2.75, 3.05) is 0 Å². The minimum Gasteiger partial charge on any atom is -0.289 e. The normalized spacial score (nSPS) is 10.9. The van der Waals surface area contributed by atoms with Crippen LogP contribution < -0.4 is 0 Å². The summed E-state index contributed by atoms with van der Waals surface area (Å²) in [5.74, 6) is -0.0663. The van der Waals surface area contributed by atoms with Crippen molar-refractivity contribution >= 4 is 34.8 Å². The molecular weight excluding hydrogens is 252 g/mol. The van der Waals surface area contributed by atoms with Gasteiger partial charge in [-0.25, -0.2) is 0 Å². The third-order valence-electron chi connectivity index (χ3n) is 2.43. The minimum absolute atomic E-state index is 0.0663. The number of carbonyl (C=O) groups is 1. The van der Waals surface area contributed by atoms with Crippen LogP contribution in [-0.2, 0) is 0 Å². The maximum absolute atomic E-state index is 11.9. The van der Waals surface area contributed by atoms with Gasteiger partial charge in [0.05, 0.1) is 5.02 Å². The summed E-state index contributed by atoms with van der Waals surface area (Å²) >= 11 is 7.58. The molecule has 0 saturated heterocycles. The highest BCUT2D eigenvalue weighted by molar-refractivity contribution is 7.11. The molecule has 1 nitrogen and oxygen atoms in total. The van der Waals surface area contributed by atoms with Gasteiger partial charge in [-0.15, -0.1) is 11.3 Å². The fourth-order valence-electron chi connectivity index (χ4n) is 1.46. The van der Waals surface area contributed by atoms with Crippen LogP contribution in [0.15, 0.2) is 41.8 Å². The lowest BCUT2D eigenvalue weighted by atomic mass is 10.1. The number of hydrogen-bond donors (Lipinski definition) is 0. The Balaban J connectivity index is 2.21. The van der Waals surface area contributed by atoms with Crippen molar-refractivity contribution in [3.63, 3.8) is 0 Å². The molecule has 0 atom stereocenters. The zero-order chi connectivity index (χ0) is 12.3. The summed E-state index contributed by atoms with van der Waals surface area (Å²) in [6, 6.07) is 9.11. The lowest BCUT2D eigenvalue weighted by molar-refractivity contribution is 0.104. The van der Waals surface area contributed by atoms with E-state index in [-0.39, 0.29) is 5.78 Å². The average molecular weight is 263 g/mol. The van der Waals surface area contributed by atoms with Gasteiger partial charge >= 0.3 is 0 Å². The van der Waals surface area contributed by atoms with Crippen molar-refractivity contribution in [3.8, 4) is 0 Å². The molecule has 0 fully saturated rings. The van der Waals surface area contributed by atoms with Gasteiger partial charge in [-0.1, -0.05) is 23.7 Å². The molecule has 2 aromatic rings. The Morgan fingerprint density at radius 1 is 1.29 bits per heavy atom. The van der Waals surface area contributed by atoms with E-state index in [9.17, 15) is 4.79 Å². The Hall–Kier alpha value is -1.38. The molecular formula is C14H11ClOS. The van der Waals surface area contributed by atoms with Crippen LogP contribution in [-0.4, -0.2) is 5.78 Å². The van der Waals surface area contributed by atoms with E-state index in [1.807, 2.05) is 36.6 Å². The van der Waals surface area contributed by atoms with Gasteiger partial charge < -0.3 is 0 Å². The maximum atomic E-state index is 11.9. The molecule has 0 amide bonds. The molecule has 0 N–H and O–H groups in total. The van der Waals surface area contributed by atoms with Gasteiger partial charge in [-0.3, -0.25) is 4.79 Å². The fraction of sp³-hybridized carbons (Fsp3) is 0.0714. The zero-order valence-electron chi connectivity index (χ0n) is 9.31. The van der Waals surface area contributed by atoms with E-state index in [0.717, 1.165) is 4.88 Å². The molecule has 1 aromatic heterocycles. The van der Waals surface area contributed by atoms with Crippen LogP contribution in [0.5, 0.6) is 0 Å². The van der Waals surface area contributed by atoms with Crippen molar-refractivity contribution in [2.24, 2.45) is 0 Å². The van der Waals surface area contributed by atoms with Crippen LogP contribution in [0.2, 0.25) is 5.02 Å². The number of thiophene rings is 1. The van der Waals surface area contributed by atoms with Crippen LogP contribution >= 0.6 is 22.9 Å². The largest absolute Gasteiger partial charge is 0.289 e. The zero-order valence-corrected chi connectivity index (χ0v) is 10.9. The van der Waals surface area contributed by atoms with E-state index >= 15 is 0 Å². The van der Waals surface area contributed by atoms with Gasteiger partial charge in [-0.2, -0.15) is 0 Å². The van der Waals surface area contributed by atoms with Gasteiger partial charge in [0, 0.05) is 10.4 Å². The molecule has 0 unspecified atom stereocenters. The van der Waals surface area contributed by atoms with Gasteiger partial charge in [0.15, 0.2) is 5.78 Å². The molecule has 3 heteroatoms. The van der Waals surface area contributed by atoms with E-state index in [2.05, 4.69) is 0 Å². The maximum Gasteiger partial charge on any atom is 0.187 e. The Morgan fingerprint density at radius 3 is 2.71 bits per heavy atom. The van der Waals surface area contributed by atoms with E-state index in [1.54, 1.807) is 29.5 Å². The van der Waals surface area contributed by atoms with Crippen LogP contribution in [0.3, 0.4) is 0 Å².